The van der Waals surface area contributed by atoms with Crippen LogP contribution in [-0.2, 0) is 7.05 Å². The number of nitrogens with zero attached hydrogens (tertiary/aromatic N) is 3. The fourth-order valence-corrected chi connectivity index (χ4v) is 3.39. The van der Waals surface area contributed by atoms with Crippen molar-refractivity contribution in [2.24, 2.45) is 7.05 Å². The molecule has 0 spiro atoms. The van der Waals surface area contributed by atoms with E-state index in [-0.39, 0.29) is 11.7 Å². The second-order valence-corrected chi connectivity index (χ2v) is 6.38. The Morgan fingerprint density at radius 2 is 2.16 bits per heavy atom. The Labute approximate surface area is 146 Å². The van der Waals surface area contributed by atoms with Gasteiger partial charge in [0.05, 0.1) is 5.69 Å². The van der Waals surface area contributed by atoms with E-state index in [0.29, 0.717) is 16.2 Å². The number of fused-ring (bicyclic) bond motifs is 1. The highest BCUT2D eigenvalue weighted by Gasteiger charge is 2.15. The summed E-state index contributed by atoms with van der Waals surface area (Å²) in [5.41, 5.74) is 2.88. The van der Waals surface area contributed by atoms with Crippen molar-refractivity contribution in [3.63, 3.8) is 0 Å². The summed E-state index contributed by atoms with van der Waals surface area (Å²) in [6.07, 6.45) is 3.42. The van der Waals surface area contributed by atoms with Crippen LogP contribution < -0.4 is 5.32 Å². The van der Waals surface area contributed by atoms with Gasteiger partial charge in [0.1, 0.15) is 11.5 Å². The number of rotatable bonds is 3. The molecule has 4 aromatic rings. The maximum absolute atomic E-state index is 13.4. The third-order valence-corrected chi connectivity index (χ3v) is 4.68. The first-order chi connectivity index (χ1) is 12.1. The van der Waals surface area contributed by atoms with Crippen LogP contribution in [0.3, 0.4) is 0 Å². The highest BCUT2D eigenvalue weighted by atomic mass is 32.1. The summed E-state index contributed by atoms with van der Waals surface area (Å²) >= 11 is 1.34. The second kappa shape index (κ2) is 6.10. The molecule has 0 saturated heterocycles. The zero-order valence-corrected chi connectivity index (χ0v) is 14.0. The van der Waals surface area contributed by atoms with Crippen LogP contribution in [0, 0.1) is 5.82 Å². The zero-order chi connectivity index (χ0) is 17.4. The third-order valence-electron chi connectivity index (χ3n) is 3.92. The van der Waals surface area contributed by atoms with Crippen LogP contribution in [-0.4, -0.2) is 20.4 Å². The molecule has 0 unspecified atom stereocenters. The molecule has 1 aromatic carbocycles. The monoisotopic (exact) mass is 352 g/mol. The summed E-state index contributed by atoms with van der Waals surface area (Å²) in [4.78, 5) is 21.1. The minimum absolute atomic E-state index is 0.286. The van der Waals surface area contributed by atoms with Crippen molar-refractivity contribution in [3.05, 3.63) is 65.7 Å². The zero-order valence-electron chi connectivity index (χ0n) is 13.2. The second-order valence-electron chi connectivity index (χ2n) is 5.53. The summed E-state index contributed by atoms with van der Waals surface area (Å²) in [6.45, 7) is 0. The number of aryl methyl sites for hydroxylation is 1. The molecule has 124 valence electrons. The highest BCUT2D eigenvalue weighted by molar-refractivity contribution is 7.14. The number of anilines is 1. The quantitative estimate of drug-likeness (QED) is 0.604. The number of hydrogen-bond donors (Lipinski definition) is 1. The molecular weight excluding hydrogens is 339 g/mol. The summed E-state index contributed by atoms with van der Waals surface area (Å²) in [5.74, 6) is -0.614. The first kappa shape index (κ1) is 15.5. The molecule has 0 saturated carbocycles. The van der Waals surface area contributed by atoms with Crippen LogP contribution in [0.25, 0.3) is 22.2 Å². The molecule has 0 fully saturated rings. The van der Waals surface area contributed by atoms with Gasteiger partial charge in [-0.15, -0.1) is 11.3 Å². The van der Waals surface area contributed by atoms with Crippen molar-refractivity contribution in [1.82, 2.24) is 14.5 Å². The molecule has 5 nitrogen and oxygen atoms in total. The van der Waals surface area contributed by atoms with Gasteiger partial charge in [-0.2, -0.15) is 0 Å². The van der Waals surface area contributed by atoms with Gasteiger partial charge in [0.15, 0.2) is 5.13 Å². The lowest BCUT2D eigenvalue weighted by Gasteiger charge is -2.04. The molecule has 3 aromatic heterocycles. The van der Waals surface area contributed by atoms with Gasteiger partial charge in [0.25, 0.3) is 5.91 Å². The van der Waals surface area contributed by atoms with Gasteiger partial charge < -0.3 is 4.57 Å². The van der Waals surface area contributed by atoms with E-state index in [1.807, 2.05) is 17.5 Å². The minimum Gasteiger partial charge on any atom is -0.340 e. The Morgan fingerprint density at radius 3 is 2.96 bits per heavy atom. The number of pyridine rings is 1. The van der Waals surface area contributed by atoms with Crippen LogP contribution in [0.4, 0.5) is 9.52 Å². The standard InChI is InChI=1S/C18H13FN4OS/c1-23-15-5-4-13(19)7-12(15)8-16(23)17(24)22-18-21-14(10-25-18)11-3-2-6-20-9-11/h2-10H,1H3,(H,21,22,24). The Morgan fingerprint density at radius 1 is 1.28 bits per heavy atom. The lowest BCUT2D eigenvalue weighted by Crippen LogP contribution is -2.15. The van der Waals surface area contributed by atoms with Crippen molar-refractivity contribution in [3.8, 4) is 11.3 Å². The first-order valence-electron chi connectivity index (χ1n) is 7.54. The SMILES string of the molecule is Cn1c(C(=O)Nc2nc(-c3cccnc3)cs2)cc2cc(F)ccc21. The van der Waals surface area contributed by atoms with Gasteiger partial charge in [-0.3, -0.25) is 15.1 Å². The van der Waals surface area contributed by atoms with E-state index in [2.05, 4.69) is 15.3 Å². The molecule has 0 radical (unpaired) electrons. The topological polar surface area (TPSA) is 59.8 Å². The van der Waals surface area contributed by atoms with Gasteiger partial charge in [-0.1, -0.05) is 0 Å². The normalized spacial score (nSPS) is 11.0. The fourth-order valence-electron chi connectivity index (χ4n) is 2.68. The van der Waals surface area contributed by atoms with E-state index < -0.39 is 0 Å². The highest BCUT2D eigenvalue weighted by Crippen LogP contribution is 2.25. The maximum Gasteiger partial charge on any atom is 0.274 e. The average molecular weight is 352 g/mol. The molecule has 4 rings (SSSR count). The number of hydrogen-bond acceptors (Lipinski definition) is 4. The molecule has 0 aliphatic rings. The van der Waals surface area contributed by atoms with E-state index in [4.69, 9.17) is 0 Å². The summed E-state index contributed by atoms with van der Waals surface area (Å²) < 4.78 is 15.1. The predicted octanol–water partition coefficient (Wildman–Crippen LogP) is 4.09. The largest absolute Gasteiger partial charge is 0.340 e. The number of nitrogens with one attached hydrogen (secondary N) is 1. The van der Waals surface area contributed by atoms with Crippen LogP contribution in [0.1, 0.15) is 10.5 Å². The maximum atomic E-state index is 13.4. The van der Waals surface area contributed by atoms with Crippen molar-refractivity contribution in [2.75, 3.05) is 5.32 Å². The van der Waals surface area contributed by atoms with E-state index in [1.54, 1.807) is 36.1 Å². The number of halogens is 1. The van der Waals surface area contributed by atoms with Gasteiger partial charge in [-0.05, 0) is 36.4 Å². The van der Waals surface area contributed by atoms with Gasteiger partial charge in [0.2, 0.25) is 0 Å². The Balaban J connectivity index is 1.60. The van der Waals surface area contributed by atoms with E-state index >= 15 is 0 Å². The Bertz CT molecular complexity index is 1070. The lowest BCUT2D eigenvalue weighted by atomic mass is 10.2. The van der Waals surface area contributed by atoms with E-state index in [9.17, 15) is 9.18 Å². The van der Waals surface area contributed by atoms with Gasteiger partial charge in [0, 0.05) is 41.3 Å². The molecule has 1 amide bonds. The molecule has 1 N–H and O–H groups in total. The van der Waals surface area contributed by atoms with E-state index in [0.717, 1.165) is 16.8 Å². The molecule has 0 aliphatic heterocycles. The van der Waals surface area contributed by atoms with Crippen LogP contribution in [0.15, 0.2) is 54.2 Å². The van der Waals surface area contributed by atoms with Gasteiger partial charge in [-0.25, -0.2) is 9.37 Å². The van der Waals surface area contributed by atoms with Crippen LogP contribution >= 0.6 is 11.3 Å². The van der Waals surface area contributed by atoms with Crippen molar-refractivity contribution >= 4 is 33.3 Å². The number of carbonyl (C=O) groups excluding carboxylic acids is 1. The molecule has 25 heavy (non-hydrogen) atoms. The third kappa shape index (κ3) is 2.89. The number of aromatic nitrogens is 3. The molecule has 0 atom stereocenters. The minimum atomic E-state index is -0.328. The average Bonchev–Trinajstić information content (AvgIpc) is 3.20. The summed E-state index contributed by atoms with van der Waals surface area (Å²) in [7, 11) is 1.78. The van der Waals surface area contributed by atoms with Crippen molar-refractivity contribution in [2.45, 2.75) is 0 Å². The number of carbonyl (C=O) groups is 1. The Hall–Kier alpha value is -3.06. The van der Waals surface area contributed by atoms with Gasteiger partial charge >= 0.3 is 0 Å². The van der Waals surface area contributed by atoms with E-state index in [1.165, 1.54) is 23.5 Å². The smallest absolute Gasteiger partial charge is 0.274 e. The Kier molecular flexibility index (Phi) is 3.77. The fraction of sp³-hybridized carbons (Fsp3) is 0.0556. The molecule has 0 aliphatic carbocycles. The van der Waals surface area contributed by atoms with Crippen LogP contribution in [0.5, 0.6) is 0 Å². The molecular formula is C18H13FN4OS. The lowest BCUT2D eigenvalue weighted by molar-refractivity contribution is 0.101. The predicted molar refractivity (Wildman–Crippen MR) is 96.2 cm³/mol. The summed E-state index contributed by atoms with van der Waals surface area (Å²) in [6, 6.07) is 9.86. The number of thiazole rings is 1. The number of benzene rings is 1. The van der Waals surface area contributed by atoms with Crippen LogP contribution in [0.2, 0.25) is 0 Å². The first-order valence-corrected chi connectivity index (χ1v) is 8.42. The molecule has 3 heterocycles. The summed E-state index contributed by atoms with van der Waals surface area (Å²) in [5, 5.41) is 5.85. The molecule has 0 bridgehead atoms. The van der Waals surface area contributed by atoms with Crippen molar-refractivity contribution < 1.29 is 9.18 Å². The molecule has 7 heteroatoms. The van der Waals surface area contributed by atoms with Crippen molar-refractivity contribution in [1.29, 1.82) is 0 Å². The number of amides is 1.